The van der Waals surface area contributed by atoms with E-state index in [4.69, 9.17) is 4.74 Å². The predicted molar refractivity (Wildman–Crippen MR) is 95.2 cm³/mol. The molecule has 0 N–H and O–H groups in total. The molecule has 0 fully saturated rings. The minimum absolute atomic E-state index is 0.246. The lowest BCUT2D eigenvalue weighted by Crippen LogP contribution is -2.09. The number of rotatable bonds is 4. The Morgan fingerprint density at radius 2 is 1.85 bits per heavy atom. The lowest BCUT2D eigenvalue weighted by atomic mass is 9.90. The van der Waals surface area contributed by atoms with Crippen LogP contribution in [0, 0.1) is 12.7 Å². The van der Waals surface area contributed by atoms with E-state index >= 15 is 0 Å². The van der Waals surface area contributed by atoms with Gasteiger partial charge in [-0.1, -0.05) is 0 Å². The number of fused-ring (bicyclic) bond motifs is 1. The zero-order valence-electron chi connectivity index (χ0n) is 14.6. The topological polar surface area (TPSA) is 60.8 Å². The Morgan fingerprint density at radius 1 is 1.04 bits per heavy atom. The lowest BCUT2D eigenvalue weighted by molar-refractivity contribution is 0.287. The average Bonchev–Trinajstić information content (AvgIpc) is 2.67. The van der Waals surface area contributed by atoms with Gasteiger partial charge in [0.1, 0.15) is 18.2 Å². The van der Waals surface area contributed by atoms with Gasteiger partial charge in [-0.25, -0.2) is 19.3 Å². The summed E-state index contributed by atoms with van der Waals surface area (Å²) in [6.45, 7) is 2.12. The number of nitrogens with zero attached hydrogens (tertiary/aromatic N) is 4. The van der Waals surface area contributed by atoms with Crippen molar-refractivity contribution in [3.05, 3.63) is 65.4 Å². The summed E-state index contributed by atoms with van der Waals surface area (Å²) < 4.78 is 18.8. The molecular formula is C20H19FN4O. The summed E-state index contributed by atoms with van der Waals surface area (Å²) in [4.78, 5) is 17.3. The number of halogens is 1. The number of hydrogen-bond donors (Lipinski definition) is 0. The van der Waals surface area contributed by atoms with E-state index in [2.05, 4.69) is 19.9 Å². The van der Waals surface area contributed by atoms with Crippen LogP contribution in [0.5, 0.6) is 5.88 Å². The molecule has 0 bridgehead atoms. The summed E-state index contributed by atoms with van der Waals surface area (Å²) in [7, 11) is 0. The summed E-state index contributed by atoms with van der Waals surface area (Å²) in [6.07, 6.45) is 9.12. The number of aromatic nitrogens is 4. The molecule has 0 aliphatic heterocycles. The van der Waals surface area contributed by atoms with Crippen LogP contribution in [0.15, 0.2) is 36.8 Å². The Hall–Kier alpha value is -2.89. The summed E-state index contributed by atoms with van der Waals surface area (Å²) in [5.41, 5.74) is 5.05. The van der Waals surface area contributed by atoms with Gasteiger partial charge in [-0.05, 0) is 55.9 Å². The third kappa shape index (κ3) is 3.54. The molecule has 3 aromatic rings. The number of pyridine rings is 2. The minimum Gasteiger partial charge on any atom is -0.471 e. The van der Waals surface area contributed by atoms with Gasteiger partial charge in [-0.2, -0.15) is 0 Å². The molecule has 0 amide bonds. The van der Waals surface area contributed by atoms with Crippen LogP contribution in [-0.2, 0) is 19.4 Å². The quantitative estimate of drug-likeness (QED) is 0.715. The maximum absolute atomic E-state index is 13.0. The van der Waals surface area contributed by atoms with Gasteiger partial charge in [-0.3, -0.25) is 4.98 Å². The normalized spacial score (nSPS) is 13.3. The molecule has 0 saturated heterocycles. The first kappa shape index (κ1) is 16.6. The van der Waals surface area contributed by atoms with Crippen molar-refractivity contribution in [2.75, 3.05) is 0 Å². The molecule has 0 atom stereocenters. The lowest BCUT2D eigenvalue weighted by Gasteiger charge is -2.20. The van der Waals surface area contributed by atoms with Gasteiger partial charge in [-0.15, -0.1) is 0 Å². The summed E-state index contributed by atoms with van der Waals surface area (Å²) in [6, 6.07) is 4.94. The van der Waals surface area contributed by atoms with Gasteiger partial charge in [0.15, 0.2) is 0 Å². The highest BCUT2D eigenvalue weighted by Gasteiger charge is 2.18. The first-order valence-electron chi connectivity index (χ1n) is 8.74. The molecule has 5 nitrogen and oxygen atoms in total. The molecule has 3 aromatic heterocycles. The molecule has 0 aromatic carbocycles. The van der Waals surface area contributed by atoms with Crippen molar-refractivity contribution in [3.63, 3.8) is 0 Å². The van der Waals surface area contributed by atoms with Gasteiger partial charge in [0.05, 0.1) is 11.9 Å². The van der Waals surface area contributed by atoms with Crippen molar-refractivity contribution in [2.45, 2.75) is 39.2 Å². The second-order valence-corrected chi connectivity index (χ2v) is 6.42. The molecule has 26 heavy (non-hydrogen) atoms. The van der Waals surface area contributed by atoms with Crippen molar-refractivity contribution >= 4 is 0 Å². The van der Waals surface area contributed by atoms with Gasteiger partial charge in [0.25, 0.3) is 0 Å². The molecule has 0 saturated carbocycles. The Bertz CT molecular complexity index is 910. The highest BCUT2D eigenvalue weighted by atomic mass is 19.1. The number of aryl methyl sites for hydroxylation is 2. The maximum Gasteiger partial charge on any atom is 0.214 e. The first-order chi connectivity index (χ1) is 12.7. The van der Waals surface area contributed by atoms with E-state index in [1.165, 1.54) is 17.8 Å². The average molecular weight is 350 g/mol. The van der Waals surface area contributed by atoms with Gasteiger partial charge < -0.3 is 4.74 Å². The fraction of sp³-hybridized carbons (Fsp3) is 0.300. The molecule has 6 heteroatoms. The van der Waals surface area contributed by atoms with Crippen molar-refractivity contribution in [2.24, 2.45) is 0 Å². The molecule has 1 aliphatic rings. The van der Waals surface area contributed by atoms with Crippen LogP contribution in [0.1, 0.15) is 35.6 Å². The molecule has 0 unspecified atom stereocenters. The molecule has 4 rings (SSSR count). The van der Waals surface area contributed by atoms with Crippen molar-refractivity contribution in [3.8, 4) is 17.0 Å². The first-order valence-corrected chi connectivity index (χ1v) is 8.74. The maximum atomic E-state index is 13.0. The number of ether oxygens (including phenoxy) is 1. The summed E-state index contributed by atoms with van der Waals surface area (Å²) >= 11 is 0. The van der Waals surface area contributed by atoms with Crippen molar-refractivity contribution in [1.29, 1.82) is 0 Å². The van der Waals surface area contributed by atoms with E-state index in [1.54, 1.807) is 6.07 Å². The van der Waals surface area contributed by atoms with E-state index in [0.717, 1.165) is 48.3 Å². The molecular weight excluding hydrogens is 331 g/mol. The van der Waals surface area contributed by atoms with Crippen LogP contribution >= 0.6 is 0 Å². The fourth-order valence-corrected chi connectivity index (χ4v) is 3.18. The van der Waals surface area contributed by atoms with Crippen molar-refractivity contribution in [1.82, 2.24) is 19.9 Å². The van der Waals surface area contributed by atoms with Crippen LogP contribution in [-0.4, -0.2) is 19.9 Å². The van der Waals surface area contributed by atoms with Crippen LogP contribution in [0.25, 0.3) is 11.1 Å². The molecule has 0 spiro atoms. The van der Waals surface area contributed by atoms with E-state index in [0.29, 0.717) is 11.6 Å². The van der Waals surface area contributed by atoms with Gasteiger partial charge >= 0.3 is 0 Å². The van der Waals surface area contributed by atoms with E-state index in [9.17, 15) is 4.39 Å². The van der Waals surface area contributed by atoms with Crippen LogP contribution in [0.3, 0.4) is 0 Å². The molecule has 3 heterocycles. The van der Waals surface area contributed by atoms with Crippen LogP contribution < -0.4 is 4.74 Å². The Kier molecular flexibility index (Phi) is 4.56. The second-order valence-electron chi connectivity index (χ2n) is 6.42. The third-order valence-corrected chi connectivity index (χ3v) is 4.53. The largest absolute Gasteiger partial charge is 0.471 e. The van der Waals surface area contributed by atoms with E-state index in [-0.39, 0.29) is 12.4 Å². The van der Waals surface area contributed by atoms with E-state index < -0.39 is 0 Å². The van der Waals surface area contributed by atoms with Crippen LogP contribution in [0.4, 0.5) is 4.39 Å². The smallest absolute Gasteiger partial charge is 0.214 e. The third-order valence-electron chi connectivity index (χ3n) is 4.53. The standard InChI is InChI=1S/C20H19FN4O/c1-13-22-9-14(10-23-13)18-8-20(25-19-5-3-2-4-17(18)19)26-12-16-7-6-15(21)11-24-16/h6-11H,2-5,12H2,1H3. The van der Waals surface area contributed by atoms with Crippen molar-refractivity contribution < 1.29 is 9.13 Å². The number of hydrogen-bond acceptors (Lipinski definition) is 5. The zero-order chi connectivity index (χ0) is 17.9. The molecule has 1 aliphatic carbocycles. The monoisotopic (exact) mass is 350 g/mol. The predicted octanol–water partition coefficient (Wildman–Crippen LogP) is 3.84. The highest BCUT2D eigenvalue weighted by molar-refractivity contribution is 5.68. The molecule has 0 radical (unpaired) electrons. The van der Waals surface area contributed by atoms with E-state index in [1.807, 2.05) is 25.4 Å². The van der Waals surface area contributed by atoms with Gasteiger partial charge in [0, 0.05) is 29.7 Å². The SMILES string of the molecule is Cc1ncc(-c2cc(OCc3ccc(F)cn3)nc3c2CCCC3)cn1. The molecule has 132 valence electrons. The Labute approximate surface area is 151 Å². The van der Waals surface area contributed by atoms with Crippen LogP contribution in [0.2, 0.25) is 0 Å². The van der Waals surface area contributed by atoms with Gasteiger partial charge in [0.2, 0.25) is 5.88 Å². The second kappa shape index (κ2) is 7.15. The zero-order valence-corrected chi connectivity index (χ0v) is 14.6. The summed E-state index contributed by atoms with van der Waals surface area (Å²) in [5.74, 6) is 0.935. The fourth-order valence-electron chi connectivity index (χ4n) is 3.18. The highest BCUT2D eigenvalue weighted by Crippen LogP contribution is 2.33. The Balaban J connectivity index is 1.65. The Morgan fingerprint density at radius 3 is 2.62 bits per heavy atom. The minimum atomic E-state index is -0.359. The summed E-state index contributed by atoms with van der Waals surface area (Å²) in [5, 5.41) is 0.